The van der Waals surface area contributed by atoms with Gasteiger partial charge in [-0.25, -0.2) is 0 Å². The van der Waals surface area contributed by atoms with E-state index in [4.69, 9.17) is 12.2 Å². The molecule has 0 aromatic heterocycles. The Morgan fingerprint density at radius 1 is 1.17 bits per heavy atom. The lowest BCUT2D eigenvalue weighted by atomic mass is 10.1. The summed E-state index contributed by atoms with van der Waals surface area (Å²) in [6.45, 7) is 8.64. The molecule has 0 heterocycles. The SMILES string of the molecule is CCN(CC)CCNC(=O)c1ccc(CCN(C)C(=S)S)cc1. The molecule has 0 bridgehead atoms. The van der Waals surface area contributed by atoms with Crippen LogP contribution < -0.4 is 5.32 Å². The summed E-state index contributed by atoms with van der Waals surface area (Å²) in [6.07, 6.45) is 0.876. The number of hydrogen-bond acceptors (Lipinski definition) is 3. The second kappa shape index (κ2) is 10.6. The number of carbonyl (C=O) groups is 1. The van der Waals surface area contributed by atoms with E-state index in [-0.39, 0.29) is 5.91 Å². The van der Waals surface area contributed by atoms with E-state index in [9.17, 15) is 4.79 Å². The maximum Gasteiger partial charge on any atom is 0.251 e. The molecule has 1 aromatic carbocycles. The van der Waals surface area contributed by atoms with Gasteiger partial charge in [0.15, 0.2) is 0 Å². The fourth-order valence-corrected chi connectivity index (χ4v) is 2.38. The van der Waals surface area contributed by atoms with Crippen LogP contribution in [0.25, 0.3) is 0 Å². The van der Waals surface area contributed by atoms with Crippen molar-refractivity contribution >= 4 is 35.1 Å². The standard InChI is InChI=1S/C17H27N3OS2/c1-4-20(5-2)13-11-18-16(21)15-8-6-14(7-9-15)10-12-19(3)17(22)23/h6-9H,4-5,10-13H2,1-3H3,(H,18,21)(H,22,23). The Bertz CT molecular complexity index is 501. The number of thiocarbonyl (C=S) groups is 1. The third-order valence-electron chi connectivity index (χ3n) is 3.89. The molecular formula is C17H27N3OS2. The average Bonchev–Trinajstić information content (AvgIpc) is 2.56. The summed E-state index contributed by atoms with van der Waals surface area (Å²) in [4.78, 5) is 16.3. The van der Waals surface area contributed by atoms with Crippen molar-refractivity contribution in [1.29, 1.82) is 0 Å². The van der Waals surface area contributed by atoms with Gasteiger partial charge in [0.25, 0.3) is 5.91 Å². The molecular weight excluding hydrogens is 326 g/mol. The van der Waals surface area contributed by atoms with Gasteiger partial charge in [0.05, 0.1) is 0 Å². The van der Waals surface area contributed by atoms with E-state index in [0.717, 1.165) is 32.6 Å². The summed E-state index contributed by atoms with van der Waals surface area (Å²) < 4.78 is 0.592. The second-order valence-corrected chi connectivity index (χ2v) is 6.55. The number of thiol groups is 1. The molecule has 0 aliphatic carbocycles. The van der Waals surface area contributed by atoms with Crippen molar-refractivity contribution in [2.75, 3.05) is 39.8 Å². The van der Waals surface area contributed by atoms with Crippen LogP contribution in [0.4, 0.5) is 0 Å². The summed E-state index contributed by atoms with van der Waals surface area (Å²) in [5.74, 6) is -0.0163. The number of rotatable bonds is 9. The van der Waals surface area contributed by atoms with Gasteiger partial charge in [-0.05, 0) is 37.2 Å². The van der Waals surface area contributed by atoms with E-state index < -0.39 is 0 Å². The first-order valence-electron chi connectivity index (χ1n) is 8.01. The highest BCUT2D eigenvalue weighted by Gasteiger charge is 2.06. The van der Waals surface area contributed by atoms with Gasteiger partial charge < -0.3 is 15.1 Å². The molecule has 0 spiro atoms. The molecule has 0 fully saturated rings. The van der Waals surface area contributed by atoms with E-state index in [1.807, 2.05) is 36.2 Å². The van der Waals surface area contributed by atoms with Crippen molar-refractivity contribution in [1.82, 2.24) is 15.1 Å². The molecule has 23 heavy (non-hydrogen) atoms. The first-order valence-corrected chi connectivity index (χ1v) is 8.87. The molecule has 0 saturated heterocycles. The molecule has 0 atom stereocenters. The molecule has 1 aromatic rings. The van der Waals surface area contributed by atoms with E-state index in [0.29, 0.717) is 16.4 Å². The van der Waals surface area contributed by atoms with Gasteiger partial charge >= 0.3 is 0 Å². The van der Waals surface area contributed by atoms with Gasteiger partial charge in [-0.2, -0.15) is 0 Å². The predicted octanol–water partition coefficient (Wildman–Crippen LogP) is 2.45. The van der Waals surface area contributed by atoms with Crippen LogP contribution in [0.5, 0.6) is 0 Å². The van der Waals surface area contributed by atoms with Crippen LogP contribution in [-0.4, -0.2) is 59.8 Å². The number of carbonyl (C=O) groups excluding carboxylic acids is 1. The highest BCUT2D eigenvalue weighted by atomic mass is 32.1. The molecule has 1 N–H and O–H groups in total. The molecule has 128 valence electrons. The van der Waals surface area contributed by atoms with Crippen LogP contribution in [0.2, 0.25) is 0 Å². The van der Waals surface area contributed by atoms with Gasteiger partial charge in [0.1, 0.15) is 4.32 Å². The van der Waals surface area contributed by atoms with Gasteiger partial charge in [0, 0.05) is 32.2 Å². The number of likely N-dealkylation sites (N-methyl/N-ethyl adjacent to an activating group) is 2. The molecule has 0 radical (unpaired) electrons. The van der Waals surface area contributed by atoms with E-state index in [1.165, 1.54) is 5.56 Å². The van der Waals surface area contributed by atoms with Gasteiger partial charge in [0.2, 0.25) is 0 Å². The lowest BCUT2D eigenvalue weighted by Gasteiger charge is -2.18. The largest absolute Gasteiger partial charge is 0.360 e. The van der Waals surface area contributed by atoms with Crippen LogP contribution in [-0.2, 0) is 6.42 Å². The van der Waals surface area contributed by atoms with Crippen molar-refractivity contribution in [2.45, 2.75) is 20.3 Å². The summed E-state index contributed by atoms with van der Waals surface area (Å²) in [5, 5.41) is 2.97. The van der Waals surface area contributed by atoms with E-state index in [1.54, 1.807) is 0 Å². The minimum atomic E-state index is -0.0163. The lowest BCUT2D eigenvalue weighted by Crippen LogP contribution is -2.34. The lowest BCUT2D eigenvalue weighted by molar-refractivity contribution is 0.0949. The molecule has 0 aliphatic rings. The highest BCUT2D eigenvalue weighted by molar-refractivity contribution is 8.10. The average molecular weight is 354 g/mol. The van der Waals surface area contributed by atoms with Gasteiger partial charge in [-0.15, -0.1) is 12.6 Å². The smallest absolute Gasteiger partial charge is 0.251 e. The molecule has 4 nitrogen and oxygen atoms in total. The Kier molecular flexibility index (Phi) is 9.21. The van der Waals surface area contributed by atoms with Crippen molar-refractivity contribution in [2.24, 2.45) is 0 Å². The first-order chi connectivity index (χ1) is 11.0. The minimum Gasteiger partial charge on any atom is -0.360 e. The summed E-state index contributed by atoms with van der Waals surface area (Å²) in [7, 11) is 1.92. The van der Waals surface area contributed by atoms with Gasteiger partial charge in [-0.3, -0.25) is 4.79 Å². The topological polar surface area (TPSA) is 35.6 Å². The van der Waals surface area contributed by atoms with Crippen molar-refractivity contribution in [3.05, 3.63) is 35.4 Å². The van der Waals surface area contributed by atoms with Crippen LogP contribution in [0.1, 0.15) is 29.8 Å². The molecule has 0 aliphatic heterocycles. The maximum atomic E-state index is 12.1. The molecule has 6 heteroatoms. The molecule has 1 rings (SSSR count). The van der Waals surface area contributed by atoms with Crippen molar-refractivity contribution in [3.8, 4) is 0 Å². The Morgan fingerprint density at radius 2 is 1.78 bits per heavy atom. The maximum absolute atomic E-state index is 12.1. The van der Waals surface area contributed by atoms with Gasteiger partial charge in [-0.1, -0.05) is 38.2 Å². The summed E-state index contributed by atoms with van der Waals surface area (Å²) >= 11 is 9.14. The fourth-order valence-electron chi connectivity index (χ4n) is 2.18. The quantitative estimate of drug-likeness (QED) is 0.528. The minimum absolute atomic E-state index is 0.0163. The summed E-state index contributed by atoms with van der Waals surface area (Å²) in [5.41, 5.74) is 1.88. The third kappa shape index (κ3) is 7.33. The Balaban J connectivity index is 2.43. The molecule has 1 amide bonds. The molecule has 0 unspecified atom stereocenters. The predicted molar refractivity (Wildman–Crippen MR) is 104 cm³/mol. The van der Waals surface area contributed by atoms with Crippen molar-refractivity contribution in [3.63, 3.8) is 0 Å². The number of amides is 1. The zero-order chi connectivity index (χ0) is 17.2. The van der Waals surface area contributed by atoms with E-state index in [2.05, 4.69) is 36.7 Å². The number of nitrogens with one attached hydrogen (secondary N) is 1. The molecule has 0 saturated carbocycles. The van der Waals surface area contributed by atoms with Crippen molar-refractivity contribution < 1.29 is 4.79 Å². The monoisotopic (exact) mass is 353 g/mol. The summed E-state index contributed by atoms with van der Waals surface area (Å²) in [6, 6.07) is 7.74. The number of hydrogen-bond donors (Lipinski definition) is 2. The number of benzene rings is 1. The highest BCUT2D eigenvalue weighted by Crippen LogP contribution is 2.06. The van der Waals surface area contributed by atoms with Crippen LogP contribution in [0, 0.1) is 0 Å². The zero-order valence-corrected chi connectivity index (χ0v) is 15.9. The first kappa shape index (κ1) is 19.9. The fraction of sp³-hybridized carbons (Fsp3) is 0.529. The van der Waals surface area contributed by atoms with Crippen LogP contribution >= 0.6 is 24.8 Å². The van der Waals surface area contributed by atoms with E-state index >= 15 is 0 Å². The Hall–Kier alpha value is -1.11. The Morgan fingerprint density at radius 3 is 2.30 bits per heavy atom. The normalized spacial score (nSPS) is 10.7. The number of nitrogens with zero attached hydrogens (tertiary/aromatic N) is 2. The van der Waals surface area contributed by atoms with Crippen LogP contribution in [0.3, 0.4) is 0 Å². The zero-order valence-electron chi connectivity index (χ0n) is 14.2. The third-order valence-corrected chi connectivity index (χ3v) is 4.54. The Labute approximate surface area is 150 Å². The second-order valence-electron chi connectivity index (χ2n) is 5.43. The van der Waals surface area contributed by atoms with Crippen LogP contribution in [0.15, 0.2) is 24.3 Å².